The van der Waals surface area contributed by atoms with E-state index in [9.17, 15) is 0 Å². The van der Waals surface area contributed by atoms with E-state index in [4.69, 9.17) is 0 Å². The molecule has 0 nitrogen and oxygen atoms in total. The Bertz CT molecular complexity index is 142. The zero-order valence-corrected chi connectivity index (χ0v) is 9.67. The maximum atomic E-state index is 3.80. The molecule has 1 radical (unpaired) electrons. The summed E-state index contributed by atoms with van der Waals surface area (Å²) in [6, 6.07) is 0. The van der Waals surface area contributed by atoms with E-state index in [0.717, 1.165) is 12.8 Å². The third-order valence-corrected chi connectivity index (χ3v) is 2.18. The quantitative estimate of drug-likeness (QED) is 0.354. The van der Waals surface area contributed by atoms with Crippen LogP contribution < -0.4 is 0 Å². The van der Waals surface area contributed by atoms with E-state index in [1.54, 1.807) is 0 Å². The average Bonchev–Trinajstić information content (AvgIpc) is 2.21. The van der Waals surface area contributed by atoms with E-state index in [1.807, 2.05) is 0 Å². The van der Waals surface area contributed by atoms with Crippen molar-refractivity contribution in [3.05, 3.63) is 31.2 Å². The lowest BCUT2D eigenvalue weighted by Crippen LogP contribution is -1.75. The summed E-state index contributed by atoms with van der Waals surface area (Å²) in [7, 11) is 0. The Morgan fingerprint density at radius 1 is 0.786 bits per heavy atom. The van der Waals surface area contributed by atoms with Gasteiger partial charge in [0.15, 0.2) is 0 Å². The number of unbranched alkanes of at least 4 members (excludes halogenated alkanes) is 5. The van der Waals surface area contributed by atoms with Crippen molar-refractivity contribution in [2.45, 2.75) is 58.3 Å². The van der Waals surface area contributed by atoms with E-state index in [1.165, 1.54) is 38.5 Å². The molecule has 0 aliphatic heterocycles. The fourth-order valence-corrected chi connectivity index (χ4v) is 1.34. The monoisotopic (exact) mass is 193 g/mol. The number of hydrogen-bond donors (Lipinski definition) is 0. The molecule has 0 aromatic rings. The molecular formula is C14H25. The van der Waals surface area contributed by atoms with Gasteiger partial charge in [0.1, 0.15) is 0 Å². The van der Waals surface area contributed by atoms with Crippen LogP contribution in [0.2, 0.25) is 0 Å². The molecular weight excluding hydrogens is 168 g/mol. The molecule has 0 saturated heterocycles. The van der Waals surface area contributed by atoms with E-state index in [-0.39, 0.29) is 0 Å². The summed E-state index contributed by atoms with van der Waals surface area (Å²) in [6.07, 6.45) is 19.0. The second kappa shape index (κ2) is 12.5. The van der Waals surface area contributed by atoms with Gasteiger partial charge >= 0.3 is 0 Å². The summed E-state index contributed by atoms with van der Waals surface area (Å²) in [5.74, 6) is 0. The lowest BCUT2D eigenvalue weighted by Gasteiger charge is -1.95. The summed E-state index contributed by atoms with van der Waals surface area (Å²) in [4.78, 5) is 0. The minimum Gasteiger partial charge on any atom is -0.0888 e. The first-order valence-corrected chi connectivity index (χ1v) is 6.01. The third kappa shape index (κ3) is 11.5. The van der Waals surface area contributed by atoms with Crippen molar-refractivity contribution in [1.29, 1.82) is 0 Å². The van der Waals surface area contributed by atoms with Crippen LogP contribution in [-0.2, 0) is 0 Å². The van der Waals surface area contributed by atoms with Crippen LogP contribution >= 0.6 is 0 Å². The van der Waals surface area contributed by atoms with E-state index in [2.05, 4.69) is 38.2 Å². The second-order valence-corrected chi connectivity index (χ2v) is 3.63. The molecule has 0 fully saturated rings. The van der Waals surface area contributed by atoms with Gasteiger partial charge in [-0.1, -0.05) is 44.6 Å². The van der Waals surface area contributed by atoms with Gasteiger partial charge in [0.05, 0.1) is 0 Å². The third-order valence-electron chi connectivity index (χ3n) is 2.18. The van der Waals surface area contributed by atoms with Gasteiger partial charge in [-0.05, 0) is 44.9 Å². The van der Waals surface area contributed by atoms with Gasteiger partial charge in [0.2, 0.25) is 0 Å². The van der Waals surface area contributed by atoms with Crippen LogP contribution in [0.1, 0.15) is 58.3 Å². The molecule has 0 atom stereocenters. The van der Waals surface area contributed by atoms with Crippen molar-refractivity contribution in [3.8, 4) is 0 Å². The first-order valence-electron chi connectivity index (χ1n) is 6.01. The Balaban J connectivity index is 3.02. The average molecular weight is 193 g/mol. The standard InChI is InChI=1S/C14H25/c1-3-5-7-9-11-13-14-12-10-8-6-4-2/h6-9H,1,3-5,10-14H2,2H3. The van der Waals surface area contributed by atoms with Crippen LogP contribution in [-0.4, -0.2) is 0 Å². The van der Waals surface area contributed by atoms with Crippen molar-refractivity contribution in [1.82, 2.24) is 0 Å². The molecule has 0 rings (SSSR count). The number of rotatable bonds is 9. The van der Waals surface area contributed by atoms with Crippen molar-refractivity contribution < 1.29 is 0 Å². The van der Waals surface area contributed by atoms with Gasteiger partial charge < -0.3 is 0 Å². The highest BCUT2D eigenvalue weighted by Crippen LogP contribution is 2.05. The predicted octanol–water partition coefficient (Wildman–Crippen LogP) is 5.07. The molecule has 0 spiro atoms. The zero-order valence-electron chi connectivity index (χ0n) is 9.67. The molecule has 0 heterocycles. The molecule has 0 bridgehead atoms. The summed E-state index contributed by atoms with van der Waals surface area (Å²) in [5.41, 5.74) is 0. The van der Waals surface area contributed by atoms with Crippen LogP contribution in [0.3, 0.4) is 0 Å². The highest BCUT2D eigenvalue weighted by atomic mass is 13.9. The van der Waals surface area contributed by atoms with Crippen molar-refractivity contribution >= 4 is 0 Å². The smallest absolute Gasteiger partial charge is 0.0351 e. The molecule has 81 valence electrons. The van der Waals surface area contributed by atoms with E-state index in [0.29, 0.717) is 0 Å². The topological polar surface area (TPSA) is 0 Å². The first kappa shape index (κ1) is 13.5. The lowest BCUT2D eigenvalue weighted by atomic mass is 10.1. The summed E-state index contributed by atoms with van der Waals surface area (Å²) < 4.78 is 0. The molecule has 0 saturated carbocycles. The Kier molecular flexibility index (Phi) is 12.0. The molecule has 0 aromatic carbocycles. The lowest BCUT2D eigenvalue weighted by molar-refractivity contribution is 0.694. The van der Waals surface area contributed by atoms with E-state index >= 15 is 0 Å². The number of hydrogen-bond acceptors (Lipinski definition) is 0. The highest BCUT2D eigenvalue weighted by Gasteiger charge is 1.85. The van der Waals surface area contributed by atoms with Crippen molar-refractivity contribution in [2.24, 2.45) is 0 Å². The molecule has 14 heavy (non-hydrogen) atoms. The Hall–Kier alpha value is -0.520. The van der Waals surface area contributed by atoms with Crippen molar-refractivity contribution in [3.63, 3.8) is 0 Å². The minimum atomic E-state index is 1.03. The minimum absolute atomic E-state index is 1.03. The molecule has 0 amide bonds. The van der Waals surface area contributed by atoms with Crippen LogP contribution in [0.15, 0.2) is 24.3 Å². The molecule has 0 N–H and O–H groups in total. The van der Waals surface area contributed by atoms with Gasteiger partial charge in [-0.15, -0.1) is 0 Å². The van der Waals surface area contributed by atoms with Gasteiger partial charge in [-0.3, -0.25) is 0 Å². The number of allylic oxidation sites excluding steroid dienone is 4. The Morgan fingerprint density at radius 2 is 1.36 bits per heavy atom. The summed E-state index contributed by atoms with van der Waals surface area (Å²) in [5, 5.41) is 0. The summed E-state index contributed by atoms with van der Waals surface area (Å²) in [6.45, 7) is 5.99. The summed E-state index contributed by atoms with van der Waals surface area (Å²) >= 11 is 0. The first-order chi connectivity index (χ1) is 6.91. The molecule has 0 aliphatic rings. The van der Waals surface area contributed by atoms with E-state index < -0.39 is 0 Å². The highest BCUT2D eigenvalue weighted by molar-refractivity contribution is 4.82. The SMILES string of the molecule is [CH2]CCC=CCCCCCC=CCC. The van der Waals surface area contributed by atoms with Gasteiger partial charge in [0.25, 0.3) is 0 Å². The largest absolute Gasteiger partial charge is 0.0888 e. The second-order valence-electron chi connectivity index (χ2n) is 3.63. The van der Waals surface area contributed by atoms with Crippen LogP contribution in [0.25, 0.3) is 0 Å². The Morgan fingerprint density at radius 3 is 1.93 bits per heavy atom. The van der Waals surface area contributed by atoms with Crippen LogP contribution in [0.4, 0.5) is 0 Å². The molecule has 0 heteroatoms. The molecule has 0 unspecified atom stereocenters. The Labute approximate surface area is 90.1 Å². The van der Waals surface area contributed by atoms with Gasteiger partial charge in [0, 0.05) is 0 Å². The van der Waals surface area contributed by atoms with Crippen LogP contribution in [0.5, 0.6) is 0 Å². The maximum absolute atomic E-state index is 3.80. The maximum Gasteiger partial charge on any atom is -0.0351 e. The molecule has 0 aromatic heterocycles. The van der Waals surface area contributed by atoms with Gasteiger partial charge in [-0.25, -0.2) is 0 Å². The van der Waals surface area contributed by atoms with Gasteiger partial charge in [-0.2, -0.15) is 0 Å². The fraction of sp³-hybridized carbons (Fsp3) is 0.643. The zero-order chi connectivity index (χ0) is 10.5. The predicted molar refractivity (Wildman–Crippen MR) is 66.2 cm³/mol. The van der Waals surface area contributed by atoms with Crippen LogP contribution in [0, 0.1) is 6.92 Å². The molecule has 0 aliphatic carbocycles. The fourth-order valence-electron chi connectivity index (χ4n) is 1.34. The van der Waals surface area contributed by atoms with Crippen molar-refractivity contribution in [2.75, 3.05) is 0 Å². The normalized spacial score (nSPS) is 11.9.